The fraction of sp³-hybridized carbons (Fsp3) is 0.500. The average Bonchev–Trinajstić information content (AvgIpc) is 2.34. The fourth-order valence-electron chi connectivity index (χ4n) is 2.61. The highest BCUT2D eigenvalue weighted by atomic mass is 16.3. The summed E-state index contributed by atoms with van der Waals surface area (Å²) in [5.74, 6) is -0.0438. The van der Waals surface area contributed by atoms with Crippen LogP contribution in [0.25, 0.3) is 0 Å². The molecule has 0 aromatic heterocycles. The molecule has 0 amide bonds. The van der Waals surface area contributed by atoms with Crippen LogP contribution >= 0.6 is 0 Å². The number of aliphatic hydroxyl groups excluding tert-OH is 1. The Morgan fingerprint density at radius 3 is 2.50 bits per heavy atom. The van der Waals surface area contributed by atoms with Gasteiger partial charge in [-0.15, -0.1) is 0 Å². The predicted molar refractivity (Wildman–Crippen MR) is 62.8 cm³/mol. The van der Waals surface area contributed by atoms with Crippen LogP contribution in [-0.4, -0.2) is 11.2 Å². The smallest absolute Gasteiger partial charge is 0.0765 e. The van der Waals surface area contributed by atoms with Crippen molar-refractivity contribution < 1.29 is 5.11 Å². The van der Waals surface area contributed by atoms with Crippen molar-refractivity contribution in [2.24, 2.45) is 5.92 Å². The molecule has 1 N–H and O–H groups in total. The molecular weight excluding hydrogens is 198 g/mol. The standard InChI is InChI=1S/C14H17NO/c15-10-13(11-6-2-1-3-7-11)12-8-4-5-9-14(12)16/h1-3,6-7,12-14,16H,4-5,8-9H2/t12?,13?,14-/m0/s1. The van der Waals surface area contributed by atoms with Crippen molar-refractivity contribution in [3.05, 3.63) is 35.9 Å². The first-order valence-corrected chi connectivity index (χ1v) is 5.95. The number of rotatable bonds is 2. The minimum Gasteiger partial charge on any atom is -0.393 e. The lowest BCUT2D eigenvalue weighted by molar-refractivity contribution is 0.0636. The Labute approximate surface area is 96.5 Å². The highest BCUT2D eigenvalue weighted by Gasteiger charge is 2.31. The number of hydrogen-bond acceptors (Lipinski definition) is 2. The highest BCUT2D eigenvalue weighted by Crippen LogP contribution is 2.35. The van der Waals surface area contributed by atoms with Gasteiger partial charge in [0.2, 0.25) is 0 Å². The number of benzene rings is 1. The van der Waals surface area contributed by atoms with Gasteiger partial charge in [0, 0.05) is 5.92 Å². The maximum atomic E-state index is 9.98. The van der Waals surface area contributed by atoms with Crippen LogP contribution < -0.4 is 0 Å². The van der Waals surface area contributed by atoms with Crippen LogP contribution in [0.2, 0.25) is 0 Å². The third-order valence-electron chi connectivity index (χ3n) is 3.51. The first-order valence-electron chi connectivity index (χ1n) is 5.95. The summed E-state index contributed by atoms with van der Waals surface area (Å²) in [5.41, 5.74) is 1.04. The minimum absolute atomic E-state index is 0.112. The van der Waals surface area contributed by atoms with Crippen molar-refractivity contribution >= 4 is 0 Å². The molecule has 2 nitrogen and oxygen atoms in total. The van der Waals surface area contributed by atoms with Crippen LogP contribution in [0, 0.1) is 17.2 Å². The molecule has 0 radical (unpaired) electrons. The maximum absolute atomic E-state index is 9.98. The average molecular weight is 215 g/mol. The summed E-state index contributed by atoms with van der Waals surface area (Å²) in [6.07, 6.45) is 3.72. The quantitative estimate of drug-likeness (QED) is 0.824. The van der Waals surface area contributed by atoms with Gasteiger partial charge in [-0.1, -0.05) is 43.2 Å². The molecule has 0 spiro atoms. The van der Waals surface area contributed by atoms with E-state index >= 15 is 0 Å². The summed E-state index contributed by atoms with van der Waals surface area (Å²) in [4.78, 5) is 0. The third kappa shape index (κ3) is 2.25. The lowest BCUT2D eigenvalue weighted by atomic mass is 9.76. The summed E-state index contributed by atoms with van der Waals surface area (Å²) in [5, 5.41) is 19.3. The minimum atomic E-state index is -0.307. The lowest BCUT2D eigenvalue weighted by Gasteiger charge is -2.31. The van der Waals surface area contributed by atoms with Crippen molar-refractivity contribution in [3.8, 4) is 6.07 Å². The van der Waals surface area contributed by atoms with E-state index in [9.17, 15) is 10.4 Å². The second-order valence-corrected chi connectivity index (χ2v) is 4.53. The largest absolute Gasteiger partial charge is 0.393 e. The van der Waals surface area contributed by atoms with E-state index in [1.807, 2.05) is 30.3 Å². The molecule has 1 saturated carbocycles. The first-order chi connectivity index (χ1) is 7.83. The summed E-state index contributed by atoms with van der Waals surface area (Å²) in [6, 6.07) is 12.2. The van der Waals surface area contributed by atoms with Crippen LogP contribution in [0.3, 0.4) is 0 Å². The summed E-state index contributed by atoms with van der Waals surface area (Å²) in [7, 11) is 0. The van der Waals surface area contributed by atoms with Crippen molar-refractivity contribution in [3.63, 3.8) is 0 Å². The second kappa shape index (κ2) is 5.14. The Hall–Kier alpha value is -1.33. The van der Waals surface area contributed by atoms with Gasteiger partial charge in [-0.25, -0.2) is 0 Å². The zero-order valence-corrected chi connectivity index (χ0v) is 9.34. The molecule has 1 aliphatic rings. The number of aliphatic hydroxyl groups is 1. The van der Waals surface area contributed by atoms with Gasteiger partial charge in [-0.2, -0.15) is 5.26 Å². The van der Waals surface area contributed by atoms with E-state index in [-0.39, 0.29) is 17.9 Å². The molecule has 1 aliphatic carbocycles. The van der Waals surface area contributed by atoms with E-state index in [1.165, 1.54) is 0 Å². The van der Waals surface area contributed by atoms with E-state index < -0.39 is 0 Å². The van der Waals surface area contributed by atoms with Crippen molar-refractivity contribution in [1.82, 2.24) is 0 Å². The predicted octanol–water partition coefficient (Wildman–Crippen LogP) is 2.84. The molecule has 2 rings (SSSR count). The zero-order chi connectivity index (χ0) is 11.4. The normalized spacial score (nSPS) is 27.0. The van der Waals surface area contributed by atoms with E-state index in [2.05, 4.69) is 6.07 Å². The Morgan fingerprint density at radius 2 is 1.88 bits per heavy atom. The molecule has 1 aromatic rings. The van der Waals surface area contributed by atoms with Crippen LogP contribution in [-0.2, 0) is 0 Å². The van der Waals surface area contributed by atoms with Gasteiger partial charge in [0.1, 0.15) is 0 Å². The Bertz CT molecular complexity index is 368. The van der Waals surface area contributed by atoms with Gasteiger partial charge in [-0.3, -0.25) is 0 Å². The third-order valence-corrected chi connectivity index (χ3v) is 3.51. The molecule has 0 saturated heterocycles. The molecule has 3 atom stereocenters. The van der Waals surface area contributed by atoms with Crippen LogP contribution in [0.4, 0.5) is 0 Å². The van der Waals surface area contributed by atoms with Gasteiger partial charge >= 0.3 is 0 Å². The van der Waals surface area contributed by atoms with Gasteiger partial charge in [0.25, 0.3) is 0 Å². The van der Waals surface area contributed by atoms with Gasteiger partial charge in [-0.05, 0) is 18.4 Å². The topological polar surface area (TPSA) is 44.0 Å². The molecule has 84 valence electrons. The molecule has 2 unspecified atom stereocenters. The Balaban J connectivity index is 2.20. The second-order valence-electron chi connectivity index (χ2n) is 4.53. The molecular formula is C14H17NO. The van der Waals surface area contributed by atoms with Crippen LogP contribution in [0.15, 0.2) is 30.3 Å². The van der Waals surface area contributed by atoms with Gasteiger partial charge in [0.05, 0.1) is 18.1 Å². The van der Waals surface area contributed by atoms with Crippen molar-refractivity contribution in [1.29, 1.82) is 5.26 Å². The van der Waals surface area contributed by atoms with Crippen LogP contribution in [0.5, 0.6) is 0 Å². The Kier molecular flexibility index (Phi) is 3.58. The number of hydrogen-bond donors (Lipinski definition) is 1. The van der Waals surface area contributed by atoms with Crippen molar-refractivity contribution in [2.45, 2.75) is 37.7 Å². The first kappa shape index (κ1) is 11.2. The fourth-order valence-corrected chi connectivity index (χ4v) is 2.61. The molecule has 1 aromatic carbocycles. The highest BCUT2D eigenvalue weighted by molar-refractivity contribution is 5.26. The van der Waals surface area contributed by atoms with Gasteiger partial charge < -0.3 is 5.11 Å². The molecule has 0 heterocycles. The Morgan fingerprint density at radius 1 is 1.19 bits per heavy atom. The molecule has 1 fully saturated rings. The van der Waals surface area contributed by atoms with Gasteiger partial charge in [0.15, 0.2) is 0 Å². The van der Waals surface area contributed by atoms with E-state index in [0.717, 1.165) is 31.2 Å². The summed E-state index contributed by atoms with van der Waals surface area (Å²) >= 11 is 0. The van der Waals surface area contributed by atoms with E-state index in [0.29, 0.717) is 0 Å². The van der Waals surface area contributed by atoms with Crippen LogP contribution in [0.1, 0.15) is 37.2 Å². The summed E-state index contributed by atoms with van der Waals surface area (Å²) in [6.45, 7) is 0. The number of nitriles is 1. The summed E-state index contributed by atoms with van der Waals surface area (Å²) < 4.78 is 0. The molecule has 16 heavy (non-hydrogen) atoms. The van der Waals surface area contributed by atoms with E-state index in [1.54, 1.807) is 0 Å². The van der Waals surface area contributed by atoms with Crippen molar-refractivity contribution in [2.75, 3.05) is 0 Å². The zero-order valence-electron chi connectivity index (χ0n) is 9.34. The molecule has 2 heteroatoms. The SMILES string of the molecule is N#CC(c1ccccc1)C1CCCC[C@@H]1O. The monoisotopic (exact) mass is 215 g/mol. The van der Waals surface area contributed by atoms with E-state index in [4.69, 9.17) is 0 Å². The number of nitrogens with zero attached hydrogens (tertiary/aromatic N) is 1. The molecule has 0 bridgehead atoms. The maximum Gasteiger partial charge on any atom is 0.0765 e. The lowest BCUT2D eigenvalue weighted by Crippen LogP contribution is -2.29. The molecule has 0 aliphatic heterocycles.